The zero-order valence-electron chi connectivity index (χ0n) is 9.18. The number of hydrogen-bond donors (Lipinski definition) is 0. The second kappa shape index (κ2) is 4.67. The standard InChI is InChI=1S/C14H13NO/c1-2-12(10-15)16-14-9-5-7-11-6-3-4-8-13(11)14/h3-9,12H,2H2,1H3. The van der Waals surface area contributed by atoms with Crippen LogP contribution in [0, 0.1) is 11.3 Å². The SMILES string of the molecule is CCC(C#N)Oc1cccc2ccccc12. The van der Waals surface area contributed by atoms with E-state index >= 15 is 0 Å². The Morgan fingerprint density at radius 2 is 1.94 bits per heavy atom. The van der Waals surface area contributed by atoms with Gasteiger partial charge in [0.15, 0.2) is 6.10 Å². The third-order valence-electron chi connectivity index (χ3n) is 2.53. The van der Waals surface area contributed by atoms with E-state index in [4.69, 9.17) is 10.00 Å². The van der Waals surface area contributed by atoms with Crippen LogP contribution in [0.3, 0.4) is 0 Å². The number of ether oxygens (including phenoxy) is 1. The number of fused-ring (bicyclic) bond motifs is 1. The minimum Gasteiger partial charge on any atom is -0.475 e. The molecular formula is C14H13NO. The first-order valence-corrected chi connectivity index (χ1v) is 5.39. The molecule has 2 nitrogen and oxygen atoms in total. The summed E-state index contributed by atoms with van der Waals surface area (Å²) in [6.45, 7) is 1.94. The first-order chi connectivity index (χ1) is 7.85. The Balaban J connectivity index is 2.41. The molecule has 16 heavy (non-hydrogen) atoms. The largest absolute Gasteiger partial charge is 0.475 e. The van der Waals surface area contributed by atoms with Crippen LogP contribution >= 0.6 is 0 Å². The summed E-state index contributed by atoms with van der Waals surface area (Å²) in [6, 6.07) is 16.0. The highest BCUT2D eigenvalue weighted by molar-refractivity contribution is 5.88. The van der Waals surface area contributed by atoms with E-state index in [2.05, 4.69) is 6.07 Å². The first kappa shape index (κ1) is 10.5. The third kappa shape index (κ3) is 1.99. The van der Waals surface area contributed by atoms with E-state index in [-0.39, 0.29) is 6.10 Å². The van der Waals surface area contributed by atoms with Crippen LogP contribution in [0.4, 0.5) is 0 Å². The van der Waals surface area contributed by atoms with Crippen molar-refractivity contribution >= 4 is 10.8 Å². The van der Waals surface area contributed by atoms with Gasteiger partial charge in [-0.3, -0.25) is 0 Å². The smallest absolute Gasteiger partial charge is 0.184 e. The fourth-order valence-corrected chi connectivity index (χ4v) is 1.65. The number of nitriles is 1. The molecule has 2 aromatic carbocycles. The zero-order chi connectivity index (χ0) is 11.4. The van der Waals surface area contributed by atoms with Crippen LogP contribution in [0.5, 0.6) is 5.75 Å². The fraction of sp³-hybridized carbons (Fsp3) is 0.214. The van der Waals surface area contributed by atoms with Gasteiger partial charge in [-0.1, -0.05) is 43.3 Å². The molecule has 0 heterocycles. The topological polar surface area (TPSA) is 33.0 Å². The molecule has 0 amide bonds. The number of rotatable bonds is 3. The van der Waals surface area contributed by atoms with E-state index in [1.165, 1.54) is 0 Å². The van der Waals surface area contributed by atoms with Crippen LogP contribution in [0.2, 0.25) is 0 Å². The molecule has 2 heteroatoms. The molecule has 0 radical (unpaired) electrons. The molecule has 2 aromatic rings. The maximum atomic E-state index is 8.88. The molecule has 0 aliphatic rings. The maximum Gasteiger partial charge on any atom is 0.184 e. The average molecular weight is 211 g/mol. The summed E-state index contributed by atoms with van der Waals surface area (Å²) >= 11 is 0. The highest BCUT2D eigenvalue weighted by Gasteiger charge is 2.08. The van der Waals surface area contributed by atoms with Crippen molar-refractivity contribution in [2.24, 2.45) is 0 Å². The van der Waals surface area contributed by atoms with Crippen molar-refractivity contribution in [3.8, 4) is 11.8 Å². The van der Waals surface area contributed by atoms with Crippen molar-refractivity contribution in [2.45, 2.75) is 19.4 Å². The predicted octanol–water partition coefficient (Wildman–Crippen LogP) is 3.52. The first-order valence-electron chi connectivity index (χ1n) is 5.39. The summed E-state index contributed by atoms with van der Waals surface area (Å²) < 4.78 is 5.66. The van der Waals surface area contributed by atoms with Crippen LogP contribution in [0.25, 0.3) is 10.8 Å². The summed E-state index contributed by atoms with van der Waals surface area (Å²) in [5, 5.41) is 11.1. The lowest BCUT2D eigenvalue weighted by atomic mass is 10.1. The summed E-state index contributed by atoms with van der Waals surface area (Å²) in [6.07, 6.45) is 0.325. The molecule has 0 saturated carbocycles. The average Bonchev–Trinajstić information content (AvgIpc) is 2.36. The summed E-state index contributed by atoms with van der Waals surface area (Å²) in [4.78, 5) is 0. The van der Waals surface area contributed by atoms with E-state index in [1.807, 2.05) is 49.4 Å². The van der Waals surface area contributed by atoms with Gasteiger partial charge in [0, 0.05) is 5.39 Å². The quantitative estimate of drug-likeness (QED) is 0.778. The van der Waals surface area contributed by atoms with Crippen LogP contribution in [0.1, 0.15) is 13.3 Å². The zero-order valence-corrected chi connectivity index (χ0v) is 9.18. The molecule has 0 aliphatic carbocycles. The van der Waals surface area contributed by atoms with Gasteiger partial charge in [0.25, 0.3) is 0 Å². The monoisotopic (exact) mass is 211 g/mol. The lowest BCUT2D eigenvalue weighted by Crippen LogP contribution is -2.12. The highest BCUT2D eigenvalue weighted by atomic mass is 16.5. The van der Waals surface area contributed by atoms with Gasteiger partial charge in [-0.05, 0) is 17.9 Å². The summed E-state index contributed by atoms with van der Waals surface area (Å²) in [7, 11) is 0. The van der Waals surface area contributed by atoms with Crippen molar-refractivity contribution in [1.29, 1.82) is 5.26 Å². The lowest BCUT2D eigenvalue weighted by molar-refractivity contribution is 0.255. The molecular weight excluding hydrogens is 198 g/mol. The molecule has 0 aromatic heterocycles. The third-order valence-corrected chi connectivity index (χ3v) is 2.53. The van der Waals surface area contributed by atoms with E-state index in [1.54, 1.807) is 0 Å². The normalized spacial score (nSPS) is 12.0. The van der Waals surface area contributed by atoms with Crippen molar-refractivity contribution in [2.75, 3.05) is 0 Å². The van der Waals surface area contributed by atoms with Crippen LogP contribution < -0.4 is 4.74 Å². The van der Waals surface area contributed by atoms with Gasteiger partial charge in [0.05, 0.1) is 0 Å². The summed E-state index contributed by atoms with van der Waals surface area (Å²) in [5.74, 6) is 0.784. The van der Waals surface area contributed by atoms with E-state index < -0.39 is 0 Å². The van der Waals surface area contributed by atoms with Gasteiger partial charge in [-0.25, -0.2) is 0 Å². The minimum absolute atomic E-state index is 0.370. The van der Waals surface area contributed by atoms with E-state index in [0.29, 0.717) is 6.42 Å². The molecule has 0 aliphatic heterocycles. The Bertz CT molecular complexity index is 522. The minimum atomic E-state index is -0.370. The Hall–Kier alpha value is -2.01. The van der Waals surface area contributed by atoms with Gasteiger partial charge < -0.3 is 4.74 Å². The highest BCUT2D eigenvalue weighted by Crippen LogP contribution is 2.26. The molecule has 0 saturated heterocycles. The van der Waals surface area contributed by atoms with Crippen LogP contribution in [-0.2, 0) is 0 Å². The second-order valence-corrected chi connectivity index (χ2v) is 3.62. The lowest BCUT2D eigenvalue weighted by Gasteiger charge is -2.12. The molecule has 80 valence electrons. The van der Waals surface area contributed by atoms with Gasteiger partial charge in [0.1, 0.15) is 11.8 Å². The van der Waals surface area contributed by atoms with Crippen molar-refractivity contribution in [3.05, 3.63) is 42.5 Å². The number of benzene rings is 2. The molecule has 1 unspecified atom stereocenters. The number of nitrogens with zero attached hydrogens (tertiary/aromatic N) is 1. The van der Waals surface area contributed by atoms with Gasteiger partial charge in [-0.15, -0.1) is 0 Å². The molecule has 0 N–H and O–H groups in total. The molecule has 0 fully saturated rings. The summed E-state index contributed by atoms with van der Waals surface area (Å²) in [5.41, 5.74) is 0. The van der Waals surface area contributed by atoms with Crippen LogP contribution in [-0.4, -0.2) is 6.10 Å². The van der Waals surface area contributed by atoms with Crippen molar-refractivity contribution < 1.29 is 4.74 Å². The molecule has 2 rings (SSSR count). The van der Waals surface area contributed by atoms with E-state index in [0.717, 1.165) is 16.5 Å². The Morgan fingerprint density at radius 3 is 2.69 bits per heavy atom. The molecule has 0 bridgehead atoms. The fourth-order valence-electron chi connectivity index (χ4n) is 1.65. The van der Waals surface area contributed by atoms with Crippen molar-refractivity contribution in [3.63, 3.8) is 0 Å². The number of hydrogen-bond acceptors (Lipinski definition) is 2. The van der Waals surface area contributed by atoms with Crippen molar-refractivity contribution in [1.82, 2.24) is 0 Å². The van der Waals surface area contributed by atoms with Crippen LogP contribution in [0.15, 0.2) is 42.5 Å². The van der Waals surface area contributed by atoms with Gasteiger partial charge in [0.2, 0.25) is 0 Å². The Morgan fingerprint density at radius 1 is 1.19 bits per heavy atom. The Labute approximate surface area is 95.1 Å². The second-order valence-electron chi connectivity index (χ2n) is 3.62. The Kier molecular flexibility index (Phi) is 3.07. The predicted molar refractivity (Wildman–Crippen MR) is 64.3 cm³/mol. The van der Waals surface area contributed by atoms with E-state index in [9.17, 15) is 0 Å². The van der Waals surface area contributed by atoms with Gasteiger partial charge in [-0.2, -0.15) is 5.26 Å². The maximum absolute atomic E-state index is 8.88. The molecule has 1 atom stereocenters. The molecule has 0 spiro atoms. The van der Waals surface area contributed by atoms with Gasteiger partial charge >= 0.3 is 0 Å².